The summed E-state index contributed by atoms with van der Waals surface area (Å²) < 4.78 is 16.4. The van der Waals surface area contributed by atoms with E-state index in [1.165, 1.54) is 30.2 Å². The Labute approximate surface area is 193 Å². The highest BCUT2D eigenvalue weighted by Crippen LogP contribution is 2.40. The second kappa shape index (κ2) is 8.22. The number of aromatic amines is 1. The minimum Gasteiger partial charge on any atom is -0.348 e. The third-order valence-corrected chi connectivity index (χ3v) is 6.10. The molecule has 0 radical (unpaired) electrons. The van der Waals surface area contributed by atoms with Gasteiger partial charge >= 0.3 is 0 Å². The minimum absolute atomic E-state index is 0.159. The molecule has 34 heavy (non-hydrogen) atoms. The van der Waals surface area contributed by atoms with Gasteiger partial charge in [0.2, 0.25) is 11.6 Å². The van der Waals surface area contributed by atoms with Crippen molar-refractivity contribution in [3.63, 3.8) is 0 Å². The van der Waals surface area contributed by atoms with Gasteiger partial charge in [0.25, 0.3) is 5.91 Å². The van der Waals surface area contributed by atoms with Crippen LogP contribution in [0, 0.1) is 0 Å². The summed E-state index contributed by atoms with van der Waals surface area (Å²) >= 11 is 0. The number of anilines is 1. The predicted molar refractivity (Wildman–Crippen MR) is 124 cm³/mol. The van der Waals surface area contributed by atoms with Gasteiger partial charge in [-0.05, 0) is 29.8 Å². The predicted octanol–water partition coefficient (Wildman–Crippen LogP) is 2.67. The summed E-state index contributed by atoms with van der Waals surface area (Å²) in [6, 6.07) is 11.8. The quantitative estimate of drug-likeness (QED) is 0.486. The highest BCUT2D eigenvalue weighted by molar-refractivity contribution is 6.00. The number of rotatable bonds is 4. The standard InChI is InChI=1S/C24H21FN6O3/c1-15(32)31-14-19(25)12-24(31,23(34)29-22-11-20(33)5-7-26-22)30-9-6-17-10-16(2-3-21(17)30)18-4-8-27-28-13-18/h2-11,13,19H,12,14H2,1H3,(H2,26,29,33,34). The first-order valence-electron chi connectivity index (χ1n) is 10.7. The van der Waals surface area contributed by atoms with E-state index >= 15 is 0 Å². The molecule has 2 N–H and O–H groups in total. The lowest BCUT2D eigenvalue weighted by Crippen LogP contribution is -2.56. The molecule has 1 aliphatic heterocycles. The number of fused-ring (bicyclic) bond motifs is 1. The van der Waals surface area contributed by atoms with Gasteiger partial charge in [0.05, 0.1) is 24.5 Å². The number of hydrogen-bond donors (Lipinski definition) is 2. The summed E-state index contributed by atoms with van der Waals surface area (Å²) in [5.41, 5.74) is 0.479. The van der Waals surface area contributed by atoms with E-state index in [9.17, 15) is 18.8 Å². The number of aromatic nitrogens is 4. The number of benzene rings is 1. The molecule has 0 aliphatic carbocycles. The lowest BCUT2D eigenvalue weighted by molar-refractivity contribution is -0.146. The number of alkyl halides is 1. The average Bonchev–Trinajstić information content (AvgIpc) is 3.41. The van der Waals surface area contributed by atoms with Crippen LogP contribution in [0.1, 0.15) is 13.3 Å². The summed E-state index contributed by atoms with van der Waals surface area (Å²) in [5, 5.41) is 11.2. The van der Waals surface area contributed by atoms with Crippen LogP contribution < -0.4 is 10.7 Å². The van der Waals surface area contributed by atoms with Gasteiger partial charge in [-0.15, -0.1) is 0 Å². The van der Waals surface area contributed by atoms with Crippen molar-refractivity contribution in [1.82, 2.24) is 24.6 Å². The van der Waals surface area contributed by atoms with E-state index in [2.05, 4.69) is 20.5 Å². The first kappa shape index (κ1) is 21.5. The number of pyridine rings is 1. The Morgan fingerprint density at radius 2 is 2.00 bits per heavy atom. The lowest BCUT2D eigenvalue weighted by atomic mass is 10.0. The van der Waals surface area contributed by atoms with Gasteiger partial charge in [-0.1, -0.05) is 6.07 Å². The van der Waals surface area contributed by atoms with E-state index in [1.54, 1.807) is 23.2 Å². The number of hydrogen-bond acceptors (Lipinski definition) is 5. The largest absolute Gasteiger partial charge is 0.348 e. The maximum absolute atomic E-state index is 14.8. The second-order valence-electron chi connectivity index (χ2n) is 8.23. The molecule has 1 aliphatic rings. The van der Waals surface area contributed by atoms with Crippen LogP contribution in [0.2, 0.25) is 0 Å². The molecule has 5 rings (SSSR count). The molecule has 3 aromatic heterocycles. The van der Waals surface area contributed by atoms with E-state index in [1.807, 2.05) is 30.3 Å². The summed E-state index contributed by atoms with van der Waals surface area (Å²) in [7, 11) is 0. The van der Waals surface area contributed by atoms with Crippen LogP contribution in [0.15, 0.2) is 72.0 Å². The first-order chi connectivity index (χ1) is 16.4. The summed E-state index contributed by atoms with van der Waals surface area (Å²) in [6.45, 7) is 1.10. The molecule has 0 spiro atoms. The maximum Gasteiger partial charge on any atom is 0.272 e. The molecular formula is C24H21FN6O3. The monoisotopic (exact) mass is 460 g/mol. The Morgan fingerprint density at radius 3 is 2.74 bits per heavy atom. The zero-order chi connectivity index (χ0) is 23.9. The molecular weight excluding hydrogens is 439 g/mol. The Kier molecular flexibility index (Phi) is 5.20. The fourth-order valence-electron chi connectivity index (χ4n) is 4.62. The van der Waals surface area contributed by atoms with Gasteiger partial charge in [-0.3, -0.25) is 14.4 Å². The Morgan fingerprint density at radius 1 is 1.15 bits per heavy atom. The molecule has 0 saturated carbocycles. The van der Waals surface area contributed by atoms with Crippen LogP contribution in [-0.2, 0) is 15.3 Å². The fourth-order valence-corrected chi connectivity index (χ4v) is 4.62. The number of nitrogens with one attached hydrogen (secondary N) is 2. The molecule has 2 amide bonds. The van der Waals surface area contributed by atoms with Gasteiger partial charge in [-0.25, -0.2) is 4.39 Å². The van der Waals surface area contributed by atoms with Gasteiger partial charge in [0, 0.05) is 48.8 Å². The van der Waals surface area contributed by atoms with Crippen LogP contribution in [0.5, 0.6) is 0 Å². The van der Waals surface area contributed by atoms with Gasteiger partial charge in [-0.2, -0.15) is 10.2 Å². The highest BCUT2D eigenvalue weighted by Gasteiger charge is 2.55. The van der Waals surface area contributed by atoms with Crippen LogP contribution >= 0.6 is 0 Å². The lowest BCUT2D eigenvalue weighted by Gasteiger charge is -2.38. The smallest absolute Gasteiger partial charge is 0.272 e. The summed E-state index contributed by atoms with van der Waals surface area (Å²) in [5.74, 6) is -0.894. The summed E-state index contributed by atoms with van der Waals surface area (Å²) in [6.07, 6.45) is 4.71. The maximum atomic E-state index is 14.8. The van der Waals surface area contributed by atoms with Crippen molar-refractivity contribution in [1.29, 1.82) is 0 Å². The van der Waals surface area contributed by atoms with Gasteiger partial charge in [0.1, 0.15) is 12.0 Å². The molecule has 1 fully saturated rings. The SMILES string of the molecule is CC(=O)N1CC(F)CC1(C(=O)Nc1cc(=O)cc[nH]1)n1ccc2cc(-c3ccnnc3)ccc21. The number of carbonyl (C=O) groups excluding carboxylic acids is 2. The van der Waals surface area contributed by atoms with Gasteiger partial charge in [0.15, 0.2) is 5.43 Å². The van der Waals surface area contributed by atoms with E-state index in [-0.39, 0.29) is 24.2 Å². The van der Waals surface area contributed by atoms with E-state index in [0.29, 0.717) is 5.52 Å². The van der Waals surface area contributed by atoms with Crippen molar-refractivity contribution in [2.75, 3.05) is 11.9 Å². The third kappa shape index (κ3) is 3.53. The second-order valence-corrected chi connectivity index (χ2v) is 8.23. The number of amides is 2. The minimum atomic E-state index is -1.65. The van der Waals surface area contributed by atoms with E-state index in [0.717, 1.165) is 16.5 Å². The van der Waals surface area contributed by atoms with Crippen LogP contribution in [-0.4, -0.2) is 49.2 Å². The van der Waals surface area contributed by atoms with Crippen LogP contribution in [0.4, 0.5) is 10.2 Å². The zero-order valence-electron chi connectivity index (χ0n) is 18.2. The molecule has 1 aromatic carbocycles. The number of H-pyrrole nitrogens is 1. The molecule has 4 heterocycles. The average molecular weight is 460 g/mol. The molecule has 2 unspecified atom stereocenters. The van der Waals surface area contributed by atoms with E-state index < -0.39 is 23.6 Å². The molecule has 9 nitrogen and oxygen atoms in total. The normalized spacial score (nSPS) is 19.9. The number of carbonyl (C=O) groups is 2. The summed E-state index contributed by atoms with van der Waals surface area (Å²) in [4.78, 5) is 42.1. The van der Waals surface area contributed by atoms with Crippen molar-refractivity contribution < 1.29 is 14.0 Å². The van der Waals surface area contributed by atoms with Crippen molar-refractivity contribution in [3.05, 3.63) is 77.5 Å². The highest BCUT2D eigenvalue weighted by atomic mass is 19.1. The number of halogens is 1. The topological polar surface area (TPSA) is 113 Å². The molecule has 4 aromatic rings. The molecule has 0 bridgehead atoms. The van der Waals surface area contributed by atoms with Crippen molar-refractivity contribution in [2.24, 2.45) is 0 Å². The third-order valence-electron chi connectivity index (χ3n) is 6.10. The zero-order valence-corrected chi connectivity index (χ0v) is 18.2. The van der Waals surface area contributed by atoms with E-state index in [4.69, 9.17) is 0 Å². The van der Waals surface area contributed by atoms with Crippen LogP contribution in [0.25, 0.3) is 22.0 Å². The fraction of sp³-hybridized carbons (Fsp3) is 0.208. The van der Waals surface area contributed by atoms with Crippen molar-refractivity contribution in [3.8, 4) is 11.1 Å². The molecule has 1 saturated heterocycles. The Balaban J connectivity index is 1.64. The Bertz CT molecular complexity index is 1450. The van der Waals surface area contributed by atoms with Gasteiger partial charge < -0.3 is 19.8 Å². The van der Waals surface area contributed by atoms with Crippen molar-refractivity contribution >= 4 is 28.5 Å². The number of likely N-dealkylation sites (tertiary alicyclic amines) is 1. The molecule has 10 heteroatoms. The van der Waals surface area contributed by atoms with Crippen molar-refractivity contribution in [2.45, 2.75) is 25.2 Å². The molecule has 172 valence electrons. The number of nitrogens with zero attached hydrogens (tertiary/aromatic N) is 4. The molecule has 2 atom stereocenters. The van der Waals surface area contributed by atoms with Crippen LogP contribution in [0.3, 0.4) is 0 Å². The first-order valence-corrected chi connectivity index (χ1v) is 10.7. The Hall–Kier alpha value is -4.34.